The van der Waals surface area contributed by atoms with Gasteiger partial charge < -0.3 is 19.3 Å². The average molecular weight is 632 g/mol. The lowest BCUT2D eigenvalue weighted by Gasteiger charge is -2.21. The van der Waals surface area contributed by atoms with Gasteiger partial charge in [-0.2, -0.15) is 0 Å². The Morgan fingerprint density at radius 3 is 2.27 bits per heavy atom. The Hall–Kier alpha value is -5.56. The summed E-state index contributed by atoms with van der Waals surface area (Å²) >= 11 is 0. The summed E-state index contributed by atoms with van der Waals surface area (Å²) in [7, 11) is -1.07. The lowest BCUT2D eigenvalue weighted by atomic mass is 9.95. The Labute approximate surface area is 254 Å². The molecule has 0 aliphatic carbocycles. The standard InChI is InChI=1S/C32H23F2N3O7S/c1-35-30(38)27-22-14-20(24(37(2)45(3,41)42)15-26(22)43-29(27)16-7-10-18(33)11-8-16)17-9-12-19(32(39)40)21(13-17)31-36-28-23(34)5-4-6-25(28)44-31/h4-15H,1-3H3,(H,35,38)(H,39,40). The number of halogens is 2. The molecule has 0 bridgehead atoms. The van der Waals surface area contributed by atoms with Crippen LogP contribution >= 0.6 is 0 Å². The highest BCUT2D eigenvalue weighted by Gasteiger charge is 2.27. The van der Waals surface area contributed by atoms with Crippen molar-refractivity contribution in [1.29, 1.82) is 0 Å². The topological polar surface area (TPSA) is 143 Å². The van der Waals surface area contributed by atoms with Crippen molar-refractivity contribution in [2.75, 3.05) is 24.7 Å². The molecular weight excluding hydrogens is 608 g/mol. The number of oxazole rings is 1. The fourth-order valence-electron chi connectivity index (χ4n) is 5.06. The molecule has 6 aromatic rings. The van der Waals surface area contributed by atoms with Crippen molar-refractivity contribution < 1.29 is 40.7 Å². The molecular formula is C32H23F2N3O7S. The number of furan rings is 1. The molecule has 2 aromatic heterocycles. The average Bonchev–Trinajstić information content (AvgIpc) is 3.62. The Morgan fingerprint density at radius 2 is 1.62 bits per heavy atom. The number of anilines is 1. The molecule has 45 heavy (non-hydrogen) atoms. The number of nitrogens with zero attached hydrogens (tertiary/aromatic N) is 2. The summed E-state index contributed by atoms with van der Waals surface area (Å²) in [4.78, 5) is 29.6. The number of carbonyl (C=O) groups is 2. The Balaban J connectivity index is 1.66. The Bertz CT molecular complexity index is 2280. The maximum Gasteiger partial charge on any atom is 0.336 e. The van der Waals surface area contributed by atoms with E-state index in [0.717, 1.165) is 10.6 Å². The molecule has 2 N–H and O–H groups in total. The summed E-state index contributed by atoms with van der Waals surface area (Å²) in [5.41, 5.74) is 1.28. The second kappa shape index (κ2) is 10.9. The van der Waals surface area contributed by atoms with E-state index in [1.165, 1.54) is 80.8 Å². The maximum atomic E-state index is 14.4. The number of amides is 1. The molecule has 0 fully saturated rings. The van der Waals surface area contributed by atoms with Gasteiger partial charge in [-0.15, -0.1) is 0 Å². The molecule has 10 nitrogen and oxygen atoms in total. The summed E-state index contributed by atoms with van der Waals surface area (Å²) < 4.78 is 66.5. The summed E-state index contributed by atoms with van der Waals surface area (Å²) in [6.07, 6.45) is 1.01. The van der Waals surface area contributed by atoms with E-state index in [4.69, 9.17) is 8.83 Å². The van der Waals surface area contributed by atoms with Crippen molar-refractivity contribution >= 4 is 49.7 Å². The van der Waals surface area contributed by atoms with E-state index >= 15 is 0 Å². The number of aromatic carboxylic acids is 1. The summed E-state index contributed by atoms with van der Waals surface area (Å²) in [5, 5.41) is 12.8. The van der Waals surface area contributed by atoms with E-state index in [0.29, 0.717) is 16.5 Å². The molecule has 0 atom stereocenters. The van der Waals surface area contributed by atoms with Crippen molar-refractivity contribution in [3.05, 3.63) is 95.6 Å². The third-order valence-electron chi connectivity index (χ3n) is 7.36. The zero-order valence-electron chi connectivity index (χ0n) is 23.9. The van der Waals surface area contributed by atoms with Crippen LogP contribution in [0.25, 0.3) is 56.0 Å². The number of carboxylic acid groups (broad SMARTS) is 1. The first-order valence-electron chi connectivity index (χ1n) is 13.3. The summed E-state index contributed by atoms with van der Waals surface area (Å²) in [5.74, 6) is -3.00. The highest BCUT2D eigenvalue weighted by Crippen LogP contribution is 2.42. The minimum atomic E-state index is -3.84. The van der Waals surface area contributed by atoms with Crippen LogP contribution in [-0.2, 0) is 10.0 Å². The third kappa shape index (κ3) is 5.16. The van der Waals surface area contributed by atoms with Crippen molar-refractivity contribution in [2.45, 2.75) is 0 Å². The van der Waals surface area contributed by atoms with Gasteiger partial charge in [-0.1, -0.05) is 12.1 Å². The summed E-state index contributed by atoms with van der Waals surface area (Å²) in [6, 6.07) is 16.7. The minimum absolute atomic E-state index is 0.00868. The molecule has 0 unspecified atom stereocenters. The third-order valence-corrected chi connectivity index (χ3v) is 8.56. The minimum Gasteiger partial charge on any atom is -0.478 e. The van der Waals surface area contributed by atoms with Crippen LogP contribution in [0, 0.1) is 11.6 Å². The van der Waals surface area contributed by atoms with E-state index in [-0.39, 0.29) is 56.3 Å². The molecule has 2 heterocycles. The van der Waals surface area contributed by atoms with Gasteiger partial charge >= 0.3 is 5.97 Å². The molecule has 0 saturated heterocycles. The molecule has 228 valence electrons. The van der Waals surface area contributed by atoms with Crippen LogP contribution in [0.3, 0.4) is 0 Å². The molecule has 0 radical (unpaired) electrons. The SMILES string of the molecule is CNC(=O)c1c(-c2ccc(F)cc2)oc2cc(N(C)S(C)(=O)=O)c(-c3ccc(C(=O)O)c(-c4nc5c(F)cccc5o4)c3)cc12. The van der Waals surface area contributed by atoms with Crippen LogP contribution in [0.2, 0.25) is 0 Å². The molecule has 0 aliphatic rings. The Morgan fingerprint density at radius 1 is 0.911 bits per heavy atom. The van der Waals surface area contributed by atoms with Crippen LogP contribution < -0.4 is 9.62 Å². The molecule has 4 aromatic carbocycles. The number of aromatic nitrogens is 1. The zero-order chi connectivity index (χ0) is 32.2. The number of sulfonamides is 1. The van der Waals surface area contributed by atoms with Crippen molar-refractivity contribution in [3.8, 4) is 33.9 Å². The van der Waals surface area contributed by atoms with Gasteiger partial charge in [0.2, 0.25) is 15.9 Å². The summed E-state index contributed by atoms with van der Waals surface area (Å²) in [6.45, 7) is 0. The fraction of sp³-hybridized carbons (Fsp3) is 0.0938. The zero-order valence-corrected chi connectivity index (χ0v) is 24.7. The number of carbonyl (C=O) groups excluding carboxylic acids is 1. The second-order valence-electron chi connectivity index (χ2n) is 10.2. The van der Waals surface area contributed by atoms with E-state index in [1.54, 1.807) is 6.07 Å². The second-order valence-corrected chi connectivity index (χ2v) is 12.2. The first kappa shape index (κ1) is 29.5. The lowest BCUT2D eigenvalue weighted by Crippen LogP contribution is -2.25. The van der Waals surface area contributed by atoms with Crippen molar-refractivity contribution in [3.63, 3.8) is 0 Å². The van der Waals surface area contributed by atoms with Gasteiger partial charge in [-0.05, 0) is 60.2 Å². The largest absolute Gasteiger partial charge is 0.478 e. The van der Waals surface area contributed by atoms with Crippen LogP contribution in [0.1, 0.15) is 20.7 Å². The number of nitrogens with one attached hydrogen (secondary N) is 1. The predicted molar refractivity (Wildman–Crippen MR) is 164 cm³/mol. The van der Waals surface area contributed by atoms with Gasteiger partial charge in [-0.3, -0.25) is 9.10 Å². The Kier molecular flexibility index (Phi) is 7.12. The fourth-order valence-corrected chi connectivity index (χ4v) is 5.57. The number of para-hydroxylation sites is 1. The molecule has 1 amide bonds. The van der Waals surface area contributed by atoms with Gasteiger partial charge in [0, 0.05) is 36.7 Å². The van der Waals surface area contributed by atoms with Crippen LogP contribution in [-0.4, -0.2) is 50.7 Å². The highest BCUT2D eigenvalue weighted by molar-refractivity contribution is 7.92. The van der Waals surface area contributed by atoms with E-state index in [1.807, 2.05) is 0 Å². The van der Waals surface area contributed by atoms with E-state index in [2.05, 4.69) is 10.3 Å². The molecule has 6 rings (SSSR count). The number of benzene rings is 4. The van der Waals surface area contributed by atoms with Gasteiger partial charge in [0.1, 0.15) is 22.7 Å². The lowest BCUT2D eigenvalue weighted by molar-refractivity contribution is 0.0697. The normalized spacial score (nSPS) is 11.7. The van der Waals surface area contributed by atoms with Gasteiger partial charge in [-0.25, -0.2) is 27.0 Å². The van der Waals surface area contributed by atoms with E-state index < -0.39 is 33.5 Å². The molecule has 0 saturated carbocycles. The molecule has 0 spiro atoms. The van der Waals surface area contributed by atoms with E-state index in [9.17, 15) is 31.9 Å². The quantitative estimate of drug-likeness (QED) is 0.209. The molecule has 0 aliphatic heterocycles. The number of carboxylic acids is 1. The number of rotatable bonds is 7. The van der Waals surface area contributed by atoms with Gasteiger partial charge in [0.25, 0.3) is 5.91 Å². The maximum absolute atomic E-state index is 14.4. The van der Waals surface area contributed by atoms with Crippen LogP contribution in [0.4, 0.5) is 14.5 Å². The number of fused-ring (bicyclic) bond motifs is 2. The predicted octanol–water partition coefficient (Wildman–Crippen LogP) is 6.31. The van der Waals surface area contributed by atoms with Crippen molar-refractivity contribution in [1.82, 2.24) is 10.3 Å². The molecule has 13 heteroatoms. The smallest absolute Gasteiger partial charge is 0.336 e. The first-order valence-corrected chi connectivity index (χ1v) is 15.2. The number of hydrogen-bond donors (Lipinski definition) is 2. The van der Waals surface area contributed by atoms with Gasteiger partial charge in [0.05, 0.1) is 28.6 Å². The van der Waals surface area contributed by atoms with Crippen molar-refractivity contribution in [2.24, 2.45) is 0 Å². The van der Waals surface area contributed by atoms with Gasteiger partial charge in [0.15, 0.2) is 11.4 Å². The van der Waals surface area contributed by atoms with Crippen LogP contribution in [0.15, 0.2) is 81.6 Å². The van der Waals surface area contributed by atoms with Crippen LogP contribution in [0.5, 0.6) is 0 Å². The highest BCUT2D eigenvalue weighted by atomic mass is 32.2. The first-order chi connectivity index (χ1) is 21.4. The monoisotopic (exact) mass is 631 g/mol. The number of hydrogen-bond acceptors (Lipinski definition) is 7.